The highest BCUT2D eigenvalue weighted by molar-refractivity contribution is 7.99. The normalized spacial score (nSPS) is 15.6. The third-order valence-corrected chi connectivity index (χ3v) is 7.47. The second-order valence-corrected chi connectivity index (χ2v) is 10.7. The zero-order valence-electron chi connectivity index (χ0n) is 19.2. The molecule has 12 heteroatoms. The van der Waals surface area contributed by atoms with Gasteiger partial charge in [0.15, 0.2) is 22.5 Å². The van der Waals surface area contributed by atoms with Gasteiger partial charge in [-0.25, -0.2) is 9.97 Å². The van der Waals surface area contributed by atoms with Crippen LogP contribution in [0.4, 0.5) is 23.0 Å². The molecule has 3 heterocycles. The number of anilines is 4. The molecule has 2 aromatic heterocycles. The van der Waals surface area contributed by atoms with E-state index in [1.54, 1.807) is 4.90 Å². The van der Waals surface area contributed by atoms with Gasteiger partial charge in [-0.3, -0.25) is 14.7 Å². The average Bonchev–Trinajstić information content (AvgIpc) is 3.64. The number of carbonyl (C=O) groups is 2. The van der Waals surface area contributed by atoms with Crippen LogP contribution in [0.1, 0.15) is 29.0 Å². The molecule has 0 spiro atoms. The Morgan fingerprint density at radius 2 is 1.91 bits per heavy atom. The van der Waals surface area contributed by atoms with E-state index >= 15 is 0 Å². The molecule has 1 aliphatic heterocycles. The van der Waals surface area contributed by atoms with Crippen molar-refractivity contribution in [2.24, 2.45) is 5.92 Å². The number of aromatic nitrogens is 4. The summed E-state index contributed by atoms with van der Waals surface area (Å²) in [7, 11) is 0. The van der Waals surface area contributed by atoms with Gasteiger partial charge in [0.2, 0.25) is 5.91 Å². The van der Waals surface area contributed by atoms with E-state index in [4.69, 9.17) is 5.73 Å². The quantitative estimate of drug-likeness (QED) is 0.351. The topological polar surface area (TPSA) is 142 Å². The van der Waals surface area contributed by atoms with Crippen LogP contribution in [0.2, 0.25) is 0 Å². The summed E-state index contributed by atoms with van der Waals surface area (Å²) in [5, 5.41) is 13.5. The van der Waals surface area contributed by atoms with Crippen molar-refractivity contribution in [2.75, 3.05) is 41.0 Å². The predicted octanol–water partition coefficient (Wildman–Crippen LogP) is 3.52. The van der Waals surface area contributed by atoms with E-state index in [1.807, 2.05) is 49.0 Å². The van der Waals surface area contributed by atoms with Crippen molar-refractivity contribution in [3.63, 3.8) is 0 Å². The van der Waals surface area contributed by atoms with Crippen LogP contribution in [-0.2, 0) is 4.79 Å². The molecule has 3 aromatic rings. The van der Waals surface area contributed by atoms with Gasteiger partial charge in [-0.15, -0.1) is 0 Å². The monoisotopic (exact) mass is 510 g/mol. The van der Waals surface area contributed by atoms with Crippen LogP contribution in [0.15, 0.2) is 40.4 Å². The first-order valence-electron chi connectivity index (χ1n) is 11.4. The lowest BCUT2D eigenvalue weighted by molar-refractivity contribution is -0.117. The maximum atomic E-state index is 13.3. The number of hydrogen-bond acceptors (Lipinski definition) is 9. The molecule has 2 aliphatic rings. The first kappa shape index (κ1) is 23.5. The Bertz CT molecular complexity index is 1240. The van der Waals surface area contributed by atoms with Gasteiger partial charge in [0.1, 0.15) is 5.69 Å². The van der Waals surface area contributed by atoms with E-state index in [1.165, 1.54) is 11.8 Å². The van der Waals surface area contributed by atoms with Gasteiger partial charge in [-0.1, -0.05) is 0 Å². The number of nitrogens with zero attached hydrogens (tertiary/aromatic N) is 4. The van der Waals surface area contributed by atoms with Gasteiger partial charge in [0, 0.05) is 52.9 Å². The fourth-order valence-electron chi connectivity index (χ4n) is 3.57. The zero-order chi connectivity index (χ0) is 24.4. The molecule has 2 amide bonds. The number of thioether (sulfide) groups is 1. The Morgan fingerprint density at radius 1 is 1.17 bits per heavy atom. The van der Waals surface area contributed by atoms with E-state index in [2.05, 4.69) is 30.8 Å². The van der Waals surface area contributed by atoms with Crippen LogP contribution in [0.25, 0.3) is 0 Å². The van der Waals surface area contributed by atoms with Crippen LogP contribution in [0, 0.1) is 12.8 Å². The molecule has 35 heavy (non-hydrogen) atoms. The van der Waals surface area contributed by atoms with E-state index in [9.17, 15) is 9.59 Å². The Hall–Kier alpha value is -3.25. The molecule has 0 bridgehead atoms. The number of amides is 2. The molecule has 10 nitrogen and oxygen atoms in total. The maximum absolute atomic E-state index is 13.3. The molecule has 0 atom stereocenters. The Balaban J connectivity index is 1.40. The Labute approximate surface area is 211 Å². The van der Waals surface area contributed by atoms with Crippen LogP contribution in [0.3, 0.4) is 0 Å². The Morgan fingerprint density at radius 3 is 2.57 bits per heavy atom. The van der Waals surface area contributed by atoms with E-state index in [-0.39, 0.29) is 29.1 Å². The molecule has 1 saturated carbocycles. The fraction of sp³-hybridized carbons (Fsp3) is 0.348. The number of aromatic amines is 1. The Kier molecular flexibility index (Phi) is 6.82. The molecule has 5 rings (SSSR count). The number of carbonyl (C=O) groups excluding carboxylic acids is 2. The number of H-pyrrole nitrogens is 1. The molecule has 0 unspecified atom stereocenters. The summed E-state index contributed by atoms with van der Waals surface area (Å²) < 4.78 is 0. The third-order valence-electron chi connectivity index (χ3n) is 5.66. The minimum atomic E-state index is -0.202. The van der Waals surface area contributed by atoms with Gasteiger partial charge >= 0.3 is 0 Å². The molecule has 182 valence electrons. The predicted molar refractivity (Wildman–Crippen MR) is 138 cm³/mol. The van der Waals surface area contributed by atoms with E-state index in [0.717, 1.165) is 40.6 Å². The SMILES string of the molecule is Cc1cc(Nc2nc(Sc3ccc(NC(=O)C4CC4)cc3)nc(C(=O)N3CCSCC3)c2N)n[nH]1. The van der Waals surface area contributed by atoms with Gasteiger partial charge < -0.3 is 21.3 Å². The molecular formula is C23H26N8O2S2. The highest BCUT2D eigenvalue weighted by Gasteiger charge is 2.29. The smallest absolute Gasteiger partial charge is 0.274 e. The number of rotatable bonds is 7. The summed E-state index contributed by atoms with van der Waals surface area (Å²) in [4.78, 5) is 37.1. The maximum Gasteiger partial charge on any atom is 0.274 e. The van der Waals surface area contributed by atoms with Crippen LogP contribution in [0.5, 0.6) is 0 Å². The lowest BCUT2D eigenvalue weighted by atomic mass is 10.2. The molecule has 0 radical (unpaired) electrons. The van der Waals surface area contributed by atoms with Crippen LogP contribution in [-0.4, -0.2) is 61.5 Å². The number of hydrogen-bond donors (Lipinski definition) is 4. The second-order valence-electron chi connectivity index (χ2n) is 8.47. The summed E-state index contributed by atoms with van der Waals surface area (Å²) in [6, 6.07) is 9.30. The first-order chi connectivity index (χ1) is 17.0. The zero-order valence-corrected chi connectivity index (χ0v) is 20.8. The summed E-state index contributed by atoms with van der Waals surface area (Å²) in [6.45, 7) is 3.21. The van der Waals surface area contributed by atoms with Gasteiger partial charge in [-0.2, -0.15) is 16.9 Å². The number of benzene rings is 1. The van der Waals surface area contributed by atoms with Crippen molar-refractivity contribution in [3.8, 4) is 0 Å². The summed E-state index contributed by atoms with van der Waals surface area (Å²) >= 11 is 3.14. The minimum absolute atomic E-state index is 0.0656. The average molecular weight is 511 g/mol. The molecule has 2 fully saturated rings. The number of nitrogens with two attached hydrogens (primary N) is 1. The van der Waals surface area contributed by atoms with Crippen molar-refractivity contribution in [1.82, 2.24) is 25.1 Å². The van der Waals surface area contributed by atoms with E-state index in [0.29, 0.717) is 29.9 Å². The van der Waals surface area contributed by atoms with Crippen molar-refractivity contribution in [3.05, 3.63) is 41.7 Å². The van der Waals surface area contributed by atoms with Gasteiger partial charge in [0.25, 0.3) is 5.91 Å². The largest absolute Gasteiger partial charge is 0.394 e. The van der Waals surface area contributed by atoms with Crippen LogP contribution < -0.4 is 16.4 Å². The molecule has 5 N–H and O–H groups in total. The van der Waals surface area contributed by atoms with Crippen molar-refractivity contribution in [2.45, 2.75) is 29.8 Å². The molecule has 1 aliphatic carbocycles. The first-order valence-corrected chi connectivity index (χ1v) is 13.4. The molecular weight excluding hydrogens is 484 g/mol. The lowest BCUT2D eigenvalue weighted by Gasteiger charge is -2.26. The third kappa shape index (κ3) is 5.70. The van der Waals surface area contributed by atoms with Crippen molar-refractivity contribution >= 4 is 58.3 Å². The number of nitrogen functional groups attached to an aromatic ring is 1. The fourth-order valence-corrected chi connectivity index (χ4v) is 5.23. The summed E-state index contributed by atoms with van der Waals surface area (Å²) in [6.07, 6.45) is 1.92. The van der Waals surface area contributed by atoms with E-state index < -0.39 is 0 Å². The lowest BCUT2D eigenvalue weighted by Crippen LogP contribution is -2.38. The van der Waals surface area contributed by atoms with Crippen molar-refractivity contribution in [1.29, 1.82) is 0 Å². The minimum Gasteiger partial charge on any atom is -0.394 e. The molecule has 1 saturated heterocycles. The number of aryl methyl sites for hydroxylation is 1. The van der Waals surface area contributed by atoms with Gasteiger partial charge in [-0.05, 0) is 55.8 Å². The molecule has 1 aromatic carbocycles. The summed E-state index contributed by atoms with van der Waals surface area (Å²) in [5.74, 6) is 2.66. The highest BCUT2D eigenvalue weighted by Crippen LogP contribution is 2.33. The highest BCUT2D eigenvalue weighted by atomic mass is 32.2. The standard InChI is InChI=1S/C23H26N8O2S2/c1-13-12-17(30-29-13)26-20-18(24)19(22(33)31-8-10-34-11-9-31)27-23(28-20)35-16-6-4-15(5-7-16)25-21(32)14-2-3-14/h4-7,12,14H,2-3,8-11,24H2,1H3,(H,25,32)(H2,26,27,28,29,30). The van der Waals surface area contributed by atoms with Crippen molar-refractivity contribution < 1.29 is 9.59 Å². The number of nitrogens with one attached hydrogen (secondary N) is 3. The van der Waals surface area contributed by atoms with Crippen LogP contribution >= 0.6 is 23.5 Å². The summed E-state index contributed by atoms with van der Waals surface area (Å²) in [5.41, 5.74) is 8.38. The second kappa shape index (κ2) is 10.2. The van der Waals surface area contributed by atoms with Gasteiger partial charge in [0.05, 0.1) is 0 Å².